The number of ether oxygens (including phenoxy) is 1. The van der Waals surface area contributed by atoms with Gasteiger partial charge in [0.15, 0.2) is 0 Å². The number of rotatable bonds is 2. The fraction of sp³-hybridized carbons (Fsp3) is 0.118. The van der Waals surface area contributed by atoms with Crippen molar-refractivity contribution in [3.05, 3.63) is 54.4 Å². The summed E-state index contributed by atoms with van der Waals surface area (Å²) in [7, 11) is 3.19. The van der Waals surface area contributed by atoms with Crippen LogP contribution in [0.15, 0.2) is 48.7 Å². The Morgan fingerprint density at radius 3 is 2.52 bits per heavy atom. The van der Waals surface area contributed by atoms with E-state index in [0.29, 0.717) is 5.69 Å². The van der Waals surface area contributed by atoms with Crippen LogP contribution in [0.25, 0.3) is 21.9 Å². The van der Waals surface area contributed by atoms with Gasteiger partial charge in [-0.1, -0.05) is 18.2 Å². The second kappa shape index (κ2) is 4.98. The molecule has 1 heterocycles. The number of phenolic OH excluding ortho intramolecular Hbond substituents is 1. The maximum Gasteiger partial charge on any atom is 0.354 e. The van der Waals surface area contributed by atoms with Gasteiger partial charge in [-0.05, 0) is 40.6 Å². The molecular weight excluding hydrogens is 266 g/mol. The van der Waals surface area contributed by atoms with E-state index in [0.717, 1.165) is 21.9 Å². The van der Waals surface area contributed by atoms with Gasteiger partial charge in [0.2, 0.25) is 0 Å². The van der Waals surface area contributed by atoms with Crippen molar-refractivity contribution in [3.63, 3.8) is 0 Å². The Morgan fingerprint density at radius 1 is 1.05 bits per heavy atom. The van der Waals surface area contributed by atoms with E-state index >= 15 is 0 Å². The topological polar surface area (TPSA) is 51.5 Å². The minimum absolute atomic E-state index is 0.253. The molecule has 0 atom stereocenters. The van der Waals surface area contributed by atoms with Crippen molar-refractivity contribution in [3.8, 4) is 16.9 Å². The molecule has 4 heteroatoms. The van der Waals surface area contributed by atoms with Crippen LogP contribution in [-0.4, -0.2) is 22.8 Å². The molecular formula is C17H15NO3. The number of aryl methyl sites for hydroxylation is 1. The fourth-order valence-electron chi connectivity index (χ4n) is 2.44. The standard InChI is InChI=1S/C17H15NO3/c1-18-10-14(9-16(18)17(20)21-2)12-3-4-13-8-15(19)6-5-11(13)7-12/h3-10,19H,1-2H3. The predicted molar refractivity (Wildman–Crippen MR) is 81.4 cm³/mol. The van der Waals surface area contributed by atoms with Crippen LogP contribution in [0.2, 0.25) is 0 Å². The number of carbonyl (C=O) groups is 1. The number of methoxy groups -OCH3 is 1. The summed E-state index contributed by atoms with van der Waals surface area (Å²) < 4.78 is 6.51. The minimum Gasteiger partial charge on any atom is -0.508 e. The third-order valence-electron chi connectivity index (χ3n) is 3.56. The van der Waals surface area contributed by atoms with Gasteiger partial charge < -0.3 is 14.4 Å². The molecule has 21 heavy (non-hydrogen) atoms. The SMILES string of the molecule is COC(=O)c1cc(-c2ccc3cc(O)ccc3c2)cn1C. The molecule has 0 saturated heterocycles. The molecule has 0 saturated carbocycles. The molecule has 2 aromatic carbocycles. The van der Waals surface area contributed by atoms with Crippen LogP contribution in [0, 0.1) is 0 Å². The number of hydrogen-bond donors (Lipinski definition) is 1. The predicted octanol–water partition coefficient (Wildman–Crippen LogP) is 3.34. The van der Waals surface area contributed by atoms with Gasteiger partial charge >= 0.3 is 5.97 Å². The van der Waals surface area contributed by atoms with Gasteiger partial charge in [0.1, 0.15) is 11.4 Å². The zero-order valence-corrected chi connectivity index (χ0v) is 11.8. The van der Waals surface area contributed by atoms with Crippen molar-refractivity contribution in [2.75, 3.05) is 7.11 Å². The molecule has 106 valence electrons. The van der Waals surface area contributed by atoms with E-state index in [1.54, 1.807) is 16.7 Å². The van der Waals surface area contributed by atoms with Crippen molar-refractivity contribution in [2.24, 2.45) is 7.05 Å². The molecule has 0 unspecified atom stereocenters. The summed E-state index contributed by atoms with van der Waals surface area (Å²) in [5.74, 6) is -0.0996. The number of nitrogens with zero attached hydrogens (tertiary/aromatic N) is 1. The number of benzene rings is 2. The van der Waals surface area contributed by atoms with Crippen LogP contribution in [0.5, 0.6) is 5.75 Å². The summed E-state index contributed by atoms with van der Waals surface area (Å²) in [6, 6.07) is 13.0. The van der Waals surface area contributed by atoms with Crippen LogP contribution >= 0.6 is 0 Å². The van der Waals surface area contributed by atoms with Crippen LogP contribution < -0.4 is 0 Å². The quantitative estimate of drug-likeness (QED) is 0.733. The summed E-state index contributed by atoms with van der Waals surface area (Å²) in [5, 5.41) is 11.5. The van der Waals surface area contributed by atoms with Crippen molar-refractivity contribution in [2.45, 2.75) is 0 Å². The van der Waals surface area contributed by atoms with E-state index in [1.807, 2.05) is 43.6 Å². The monoisotopic (exact) mass is 281 g/mol. The maximum atomic E-state index is 11.7. The Morgan fingerprint density at radius 2 is 1.76 bits per heavy atom. The van der Waals surface area contributed by atoms with Crippen molar-refractivity contribution in [1.29, 1.82) is 0 Å². The summed E-state index contributed by atoms with van der Waals surface area (Å²) in [6.45, 7) is 0. The normalized spacial score (nSPS) is 10.8. The van der Waals surface area contributed by atoms with E-state index in [2.05, 4.69) is 0 Å². The van der Waals surface area contributed by atoms with E-state index in [9.17, 15) is 9.90 Å². The Balaban J connectivity index is 2.08. The number of aromatic nitrogens is 1. The van der Waals surface area contributed by atoms with Crippen LogP contribution in [0.1, 0.15) is 10.5 Å². The summed E-state index contributed by atoms with van der Waals surface area (Å²) in [5.41, 5.74) is 2.48. The van der Waals surface area contributed by atoms with Crippen molar-refractivity contribution >= 4 is 16.7 Å². The molecule has 0 aliphatic rings. The highest BCUT2D eigenvalue weighted by molar-refractivity contribution is 5.92. The summed E-state index contributed by atoms with van der Waals surface area (Å²) in [4.78, 5) is 11.7. The second-order valence-corrected chi connectivity index (χ2v) is 4.96. The van der Waals surface area contributed by atoms with E-state index in [4.69, 9.17) is 4.74 Å². The number of phenols is 1. The van der Waals surface area contributed by atoms with Gasteiger partial charge in [-0.2, -0.15) is 0 Å². The highest BCUT2D eigenvalue weighted by atomic mass is 16.5. The Labute approximate surface area is 122 Å². The fourth-order valence-corrected chi connectivity index (χ4v) is 2.44. The number of esters is 1. The van der Waals surface area contributed by atoms with Gasteiger partial charge in [0.25, 0.3) is 0 Å². The average molecular weight is 281 g/mol. The van der Waals surface area contributed by atoms with Gasteiger partial charge in [0, 0.05) is 18.8 Å². The lowest BCUT2D eigenvalue weighted by Gasteiger charge is -2.02. The second-order valence-electron chi connectivity index (χ2n) is 4.96. The minimum atomic E-state index is -0.352. The zero-order chi connectivity index (χ0) is 15.0. The van der Waals surface area contributed by atoms with Crippen LogP contribution in [0.4, 0.5) is 0 Å². The molecule has 0 aliphatic heterocycles. The zero-order valence-electron chi connectivity index (χ0n) is 11.8. The first-order valence-electron chi connectivity index (χ1n) is 6.56. The smallest absolute Gasteiger partial charge is 0.354 e. The first kappa shape index (κ1) is 13.2. The molecule has 0 bridgehead atoms. The van der Waals surface area contributed by atoms with E-state index in [1.165, 1.54) is 7.11 Å². The Bertz CT molecular complexity index is 833. The lowest BCUT2D eigenvalue weighted by Crippen LogP contribution is -2.06. The van der Waals surface area contributed by atoms with Gasteiger partial charge in [-0.3, -0.25) is 0 Å². The number of fused-ring (bicyclic) bond motifs is 1. The molecule has 1 N–H and O–H groups in total. The molecule has 0 aliphatic carbocycles. The first-order valence-corrected chi connectivity index (χ1v) is 6.56. The molecule has 3 rings (SSSR count). The third kappa shape index (κ3) is 2.36. The number of carbonyl (C=O) groups excluding carboxylic acids is 1. The Hall–Kier alpha value is -2.75. The molecule has 1 aromatic heterocycles. The molecule has 0 radical (unpaired) electrons. The van der Waals surface area contributed by atoms with Crippen LogP contribution in [0.3, 0.4) is 0 Å². The van der Waals surface area contributed by atoms with Gasteiger partial charge in [-0.25, -0.2) is 4.79 Å². The lowest BCUT2D eigenvalue weighted by molar-refractivity contribution is 0.0590. The largest absolute Gasteiger partial charge is 0.508 e. The number of aromatic hydroxyl groups is 1. The van der Waals surface area contributed by atoms with E-state index in [-0.39, 0.29) is 11.7 Å². The highest BCUT2D eigenvalue weighted by Gasteiger charge is 2.13. The van der Waals surface area contributed by atoms with Gasteiger partial charge in [0.05, 0.1) is 7.11 Å². The average Bonchev–Trinajstić information content (AvgIpc) is 2.88. The number of hydrogen-bond acceptors (Lipinski definition) is 3. The third-order valence-corrected chi connectivity index (χ3v) is 3.56. The lowest BCUT2D eigenvalue weighted by atomic mass is 10.0. The Kier molecular flexibility index (Phi) is 3.14. The molecule has 0 spiro atoms. The molecule has 3 aromatic rings. The molecule has 4 nitrogen and oxygen atoms in total. The van der Waals surface area contributed by atoms with Gasteiger partial charge in [-0.15, -0.1) is 0 Å². The molecule has 0 amide bonds. The first-order chi connectivity index (χ1) is 10.1. The highest BCUT2D eigenvalue weighted by Crippen LogP contribution is 2.27. The summed E-state index contributed by atoms with van der Waals surface area (Å²) >= 11 is 0. The van der Waals surface area contributed by atoms with Crippen molar-refractivity contribution in [1.82, 2.24) is 4.57 Å². The van der Waals surface area contributed by atoms with Crippen molar-refractivity contribution < 1.29 is 14.6 Å². The van der Waals surface area contributed by atoms with E-state index < -0.39 is 0 Å². The molecule has 0 fully saturated rings. The van der Waals surface area contributed by atoms with Crippen LogP contribution in [-0.2, 0) is 11.8 Å². The summed E-state index contributed by atoms with van der Waals surface area (Å²) in [6.07, 6.45) is 1.90. The maximum absolute atomic E-state index is 11.7.